The molecule has 2 N–H and O–H groups in total. The van der Waals surface area contributed by atoms with Crippen LogP contribution >= 0.6 is 11.3 Å². The summed E-state index contributed by atoms with van der Waals surface area (Å²) in [5, 5.41) is 23.5. The zero-order valence-corrected chi connectivity index (χ0v) is 16.6. The van der Waals surface area contributed by atoms with Crippen LogP contribution in [0.25, 0.3) is 6.08 Å². The molecule has 6 nitrogen and oxygen atoms in total. The van der Waals surface area contributed by atoms with E-state index in [0.29, 0.717) is 6.54 Å². The molecule has 0 aliphatic heterocycles. The molecule has 0 spiro atoms. The van der Waals surface area contributed by atoms with Crippen molar-refractivity contribution < 1.29 is 14.8 Å². The molecule has 1 heterocycles. The summed E-state index contributed by atoms with van der Waals surface area (Å²) in [7, 11) is 0. The molecule has 2 aromatic rings. The van der Waals surface area contributed by atoms with Crippen LogP contribution in [0, 0.1) is 10.1 Å². The lowest BCUT2D eigenvalue weighted by Crippen LogP contribution is -2.37. The van der Waals surface area contributed by atoms with Gasteiger partial charge in [0, 0.05) is 39.9 Å². The van der Waals surface area contributed by atoms with Gasteiger partial charge in [-0.15, -0.1) is 11.3 Å². The van der Waals surface area contributed by atoms with Gasteiger partial charge >= 0.3 is 0 Å². The quantitative estimate of drug-likeness (QED) is 0.410. The van der Waals surface area contributed by atoms with Gasteiger partial charge in [0.25, 0.3) is 5.69 Å². The molecule has 0 radical (unpaired) electrons. The molecule has 1 aromatic heterocycles. The molecule has 28 heavy (non-hydrogen) atoms. The fourth-order valence-electron chi connectivity index (χ4n) is 3.62. The molecular weight excluding hydrogens is 376 g/mol. The molecular formula is C21H24N2O4S. The molecule has 148 valence electrons. The summed E-state index contributed by atoms with van der Waals surface area (Å²) in [6.45, 7) is 2.33. The number of non-ortho nitro benzene ring substituents is 1. The van der Waals surface area contributed by atoms with Gasteiger partial charge in [-0.25, -0.2) is 0 Å². The summed E-state index contributed by atoms with van der Waals surface area (Å²) in [5.74, 6) is -0.183. The Morgan fingerprint density at radius 2 is 1.96 bits per heavy atom. The summed E-state index contributed by atoms with van der Waals surface area (Å²) in [6.07, 6.45) is 6.96. The Balaban J connectivity index is 1.63. The van der Waals surface area contributed by atoms with Crippen LogP contribution in [0.15, 0.2) is 42.5 Å². The number of carbonyl (C=O) groups excluding carboxylic acids is 1. The minimum Gasteiger partial charge on any atom is -0.388 e. The summed E-state index contributed by atoms with van der Waals surface area (Å²) in [6, 6.07) is 10.1. The predicted molar refractivity (Wildman–Crippen MR) is 110 cm³/mol. The lowest BCUT2D eigenvalue weighted by atomic mass is 9.84. The second-order valence-electron chi connectivity index (χ2n) is 7.27. The number of hydrogen-bond acceptors (Lipinski definition) is 5. The minimum absolute atomic E-state index is 0.0253. The number of carbonyl (C=O) groups is 1. The van der Waals surface area contributed by atoms with E-state index < -0.39 is 11.0 Å². The molecule has 1 aliphatic carbocycles. The Kier molecular flexibility index (Phi) is 6.26. The lowest BCUT2D eigenvalue weighted by Gasteiger charge is -2.28. The van der Waals surface area contributed by atoms with Crippen molar-refractivity contribution in [3.05, 3.63) is 67.9 Å². The van der Waals surface area contributed by atoms with Gasteiger partial charge in [0.05, 0.1) is 11.0 Å². The van der Waals surface area contributed by atoms with Crippen molar-refractivity contribution in [2.24, 2.45) is 0 Å². The maximum Gasteiger partial charge on any atom is 0.269 e. The summed E-state index contributed by atoms with van der Waals surface area (Å²) < 4.78 is 0. The van der Waals surface area contributed by atoms with E-state index in [2.05, 4.69) is 11.4 Å². The number of nitro groups is 1. The van der Waals surface area contributed by atoms with Gasteiger partial charge in [-0.05, 0) is 55.7 Å². The summed E-state index contributed by atoms with van der Waals surface area (Å²) >= 11 is 1.63. The van der Waals surface area contributed by atoms with Crippen LogP contribution in [0.1, 0.15) is 54.0 Å². The number of nitrogens with one attached hydrogen (secondary N) is 1. The number of thiophene rings is 1. The van der Waals surface area contributed by atoms with Gasteiger partial charge in [0.2, 0.25) is 5.91 Å². The first-order chi connectivity index (χ1) is 13.4. The first-order valence-corrected chi connectivity index (χ1v) is 10.2. The normalized spacial score (nSPS) is 16.9. The molecule has 0 bridgehead atoms. The van der Waals surface area contributed by atoms with Crippen molar-refractivity contribution in [3.63, 3.8) is 0 Å². The van der Waals surface area contributed by atoms with Crippen LogP contribution in [0.3, 0.4) is 0 Å². The van der Waals surface area contributed by atoms with Gasteiger partial charge in [0.15, 0.2) is 0 Å². The smallest absolute Gasteiger partial charge is 0.269 e. The topological polar surface area (TPSA) is 92.5 Å². The highest BCUT2D eigenvalue weighted by Gasteiger charge is 2.37. The van der Waals surface area contributed by atoms with Crippen LogP contribution in [0.4, 0.5) is 5.69 Å². The number of nitro benzene ring substituents is 1. The number of aliphatic hydroxyl groups excluding tert-OH is 1. The number of amides is 1. The molecule has 1 saturated carbocycles. The number of nitrogens with zero attached hydrogens (tertiary/aromatic N) is 1. The molecule has 3 rings (SSSR count). The van der Waals surface area contributed by atoms with E-state index in [4.69, 9.17) is 0 Å². The SMILES string of the molecule is CC(O)c1ccc(C2(CNC(=O)/C=C/c3ccc([N+](=O)[O-])cc3)CCCC2)s1. The number of rotatable bonds is 7. The zero-order valence-electron chi connectivity index (χ0n) is 15.8. The monoisotopic (exact) mass is 400 g/mol. The Morgan fingerprint density at radius 3 is 2.54 bits per heavy atom. The molecule has 0 saturated heterocycles. The van der Waals surface area contributed by atoms with Crippen molar-refractivity contribution in [2.75, 3.05) is 6.54 Å². The second-order valence-corrected chi connectivity index (χ2v) is 8.38. The fraction of sp³-hybridized carbons (Fsp3) is 0.381. The maximum absolute atomic E-state index is 12.3. The highest BCUT2D eigenvalue weighted by molar-refractivity contribution is 7.12. The Labute approximate surface area is 168 Å². The minimum atomic E-state index is -0.476. The van der Waals surface area contributed by atoms with Crippen molar-refractivity contribution in [3.8, 4) is 0 Å². The van der Waals surface area contributed by atoms with E-state index in [-0.39, 0.29) is 17.0 Å². The third-order valence-electron chi connectivity index (χ3n) is 5.25. The average molecular weight is 401 g/mol. The zero-order chi connectivity index (χ0) is 20.1. The highest BCUT2D eigenvalue weighted by atomic mass is 32.1. The van der Waals surface area contributed by atoms with E-state index in [1.54, 1.807) is 36.5 Å². The van der Waals surface area contributed by atoms with Crippen LogP contribution < -0.4 is 5.32 Å². The third kappa shape index (κ3) is 4.66. The van der Waals surface area contributed by atoms with Crippen molar-refractivity contribution in [1.82, 2.24) is 5.32 Å². The van der Waals surface area contributed by atoms with E-state index in [1.165, 1.54) is 23.1 Å². The van der Waals surface area contributed by atoms with Crippen LogP contribution in [-0.4, -0.2) is 22.5 Å². The largest absolute Gasteiger partial charge is 0.388 e. The Morgan fingerprint density at radius 1 is 1.29 bits per heavy atom. The third-order valence-corrected chi connectivity index (χ3v) is 6.76. The molecule has 7 heteroatoms. The molecule has 1 unspecified atom stereocenters. The molecule has 1 atom stereocenters. The standard InChI is InChI=1S/C21H24N2O4S/c1-15(24)18-9-10-19(28-18)21(12-2-3-13-21)14-22-20(25)11-6-16-4-7-17(8-5-16)23(26)27/h4-11,15,24H,2-3,12-14H2,1H3,(H,22,25)/b11-6+. The average Bonchev–Trinajstić information content (AvgIpc) is 3.35. The Hall–Kier alpha value is -2.51. The van der Waals surface area contributed by atoms with E-state index >= 15 is 0 Å². The van der Waals surface area contributed by atoms with Crippen LogP contribution in [-0.2, 0) is 10.2 Å². The van der Waals surface area contributed by atoms with Crippen LogP contribution in [0.5, 0.6) is 0 Å². The Bertz CT molecular complexity index is 865. The molecule has 1 aromatic carbocycles. The number of aliphatic hydroxyl groups is 1. The van der Waals surface area contributed by atoms with Gasteiger partial charge in [0.1, 0.15) is 0 Å². The van der Waals surface area contributed by atoms with Gasteiger partial charge in [-0.3, -0.25) is 14.9 Å². The van der Waals surface area contributed by atoms with E-state index in [1.807, 2.05) is 6.07 Å². The summed E-state index contributed by atoms with van der Waals surface area (Å²) in [4.78, 5) is 24.7. The number of hydrogen-bond donors (Lipinski definition) is 2. The van der Waals surface area contributed by atoms with Crippen molar-refractivity contribution in [2.45, 2.75) is 44.1 Å². The van der Waals surface area contributed by atoms with Crippen LogP contribution in [0.2, 0.25) is 0 Å². The van der Waals surface area contributed by atoms with Crippen molar-refractivity contribution >= 4 is 29.0 Å². The fourth-order valence-corrected chi connectivity index (χ4v) is 4.81. The summed E-state index contributed by atoms with van der Waals surface area (Å²) in [5.41, 5.74) is 0.697. The van der Waals surface area contributed by atoms with Gasteiger partial charge in [-0.2, -0.15) is 0 Å². The molecule has 1 fully saturated rings. The van der Waals surface area contributed by atoms with Gasteiger partial charge in [-0.1, -0.05) is 12.8 Å². The maximum atomic E-state index is 12.3. The first-order valence-electron chi connectivity index (χ1n) is 9.38. The van der Waals surface area contributed by atoms with Crippen molar-refractivity contribution in [1.29, 1.82) is 0 Å². The highest BCUT2D eigenvalue weighted by Crippen LogP contribution is 2.44. The predicted octanol–water partition coefficient (Wildman–Crippen LogP) is 4.35. The van der Waals surface area contributed by atoms with E-state index in [0.717, 1.165) is 36.1 Å². The first kappa shape index (κ1) is 20.2. The molecule has 1 amide bonds. The second kappa shape index (κ2) is 8.67. The molecule has 1 aliphatic rings. The lowest BCUT2D eigenvalue weighted by molar-refractivity contribution is -0.384. The number of benzene rings is 1. The van der Waals surface area contributed by atoms with Gasteiger partial charge < -0.3 is 10.4 Å². The van der Waals surface area contributed by atoms with E-state index in [9.17, 15) is 20.0 Å².